The van der Waals surface area contributed by atoms with E-state index < -0.39 is 24.5 Å². The average molecular weight is 442 g/mol. The Labute approximate surface area is 174 Å². The summed E-state index contributed by atoms with van der Waals surface area (Å²) < 4.78 is 57.0. The number of carbonyl (C=O) groups is 1. The first-order valence-corrected chi connectivity index (χ1v) is 9.08. The van der Waals surface area contributed by atoms with Crippen LogP contribution in [-0.2, 0) is 6.54 Å². The maximum absolute atomic E-state index is 14.0. The Hall–Kier alpha value is -3.07. The third kappa shape index (κ3) is 5.50. The Kier molecular flexibility index (Phi) is 6.31. The number of halogens is 5. The van der Waals surface area contributed by atoms with Crippen molar-refractivity contribution in [2.45, 2.75) is 19.6 Å². The van der Waals surface area contributed by atoms with Crippen molar-refractivity contribution in [3.8, 4) is 5.75 Å². The summed E-state index contributed by atoms with van der Waals surface area (Å²) in [4.78, 5) is 12.4. The second kappa shape index (κ2) is 8.74. The fourth-order valence-electron chi connectivity index (χ4n) is 2.65. The van der Waals surface area contributed by atoms with Crippen molar-refractivity contribution >= 4 is 23.3 Å². The van der Waals surface area contributed by atoms with Gasteiger partial charge in [-0.15, -0.1) is 0 Å². The summed E-state index contributed by atoms with van der Waals surface area (Å²) in [6, 6.07) is 11.3. The molecule has 0 fully saturated rings. The van der Waals surface area contributed by atoms with Crippen LogP contribution in [0.25, 0.3) is 0 Å². The average Bonchev–Trinajstić information content (AvgIpc) is 3.01. The van der Waals surface area contributed by atoms with Crippen molar-refractivity contribution in [3.05, 3.63) is 76.2 Å². The smallest absolute Gasteiger partial charge is 0.422 e. The lowest BCUT2D eigenvalue weighted by molar-refractivity contribution is -0.153. The van der Waals surface area contributed by atoms with E-state index in [4.69, 9.17) is 11.6 Å². The van der Waals surface area contributed by atoms with E-state index in [0.717, 1.165) is 0 Å². The number of rotatable bonds is 6. The molecule has 0 aliphatic rings. The Morgan fingerprint density at radius 2 is 1.93 bits per heavy atom. The largest absolute Gasteiger partial charge is 0.484 e. The Balaban J connectivity index is 1.71. The quantitative estimate of drug-likeness (QED) is 0.533. The summed E-state index contributed by atoms with van der Waals surface area (Å²) in [5, 5.41) is 7.04. The van der Waals surface area contributed by atoms with Gasteiger partial charge in [-0.05, 0) is 37.3 Å². The minimum Gasteiger partial charge on any atom is -0.484 e. The molecule has 10 heteroatoms. The third-order valence-electron chi connectivity index (χ3n) is 4.09. The summed E-state index contributed by atoms with van der Waals surface area (Å²) in [5.74, 6) is -0.942. The van der Waals surface area contributed by atoms with Gasteiger partial charge < -0.3 is 10.1 Å². The van der Waals surface area contributed by atoms with E-state index in [9.17, 15) is 22.4 Å². The topological polar surface area (TPSA) is 56.1 Å². The van der Waals surface area contributed by atoms with Gasteiger partial charge >= 0.3 is 6.18 Å². The molecule has 0 aliphatic heterocycles. The van der Waals surface area contributed by atoms with Crippen molar-refractivity contribution in [2.24, 2.45) is 0 Å². The van der Waals surface area contributed by atoms with Crippen LogP contribution in [0.4, 0.5) is 23.4 Å². The lowest BCUT2D eigenvalue weighted by Crippen LogP contribution is -2.19. The number of hydrogen-bond acceptors (Lipinski definition) is 3. The summed E-state index contributed by atoms with van der Waals surface area (Å²) in [7, 11) is 0. The number of nitrogens with zero attached hydrogens (tertiary/aromatic N) is 2. The molecule has 30 heavy (non-hydrogen) atoms. The van der Waals surface area contributed by atoms with Crippen LogP contribution in [0.15, 0.2) is 48.5 Å². The monoisotopic (exact) mass is 441 g/mol. The van der Waals surface area contributed by atoms with Crippen molar-refractivity contribution < 1.29 is 27.1 Å². The summed E-state index contributed by atoms with van der Waals surface area (Å²) in [6.07, 6.45) is -4.48. The van der Waals surface area contributed by atoms with E-state index in [1.807, 2.05) is 0 Å². The van der Waals surface area contributed by atoms with Gasteiger partial charge in [0.05, 0.1) is 6.54 Å². The molecule has 0 aliphatic carbocycles. The van der Waals surface area contributed by atoms with Crippen LogP contribution < -0.4 is 10.1 Å². The molecule has 0 saturated heterocycles. The first kappa shape index (κ1) is 21.6. The maximum atomic E-state index is 14.0. The number of carbonyl (C=O) groups excluding carboxylic acids is 1. The van der Waals surface area contributed by atoms with Crippen molar-refractivity contribution in [2.75, 3.05) is 11.9 Å². The Bertz CT molecular complexity index is 1050. The number of aryl methyl sites for hydroxylation is 1. The van der Waals surface area contributed by atoms with Gasteiger partial charge in [0.15, 0.2) is 12.4 Å². The van der Waals surface area contributed by atoms with Gasteiger partial charge in [0.2, 0.25) is 0 Å². The number of nitrogens with one attached hydrogen (secondary N) is 1. The summed E-state index contributed by atoms with van der Waals surface area (Å²) in [5.41, 5.74) is 1.00. The van der Waals surface area contributed by atoms with Gasteiger partial charge in [0.25, 0.3) is 5.91 Å². The number of ether oxygens (including phenoxy) is 1. The SMILES string of the molecule is Cc1cc(NC(=O)c2cccc(OCC(F)(F)F)c2)nn1Cc1c(F)cccc1Cl. The maximum Gasteiger partial charge on any atom is 0.422 e. The molecule has 0 spiro atoms. The highest BCUT2D eigenvalue weighted by atomic mass is 35.5. The lowest BCUT2D eigenvalue weighted by Gasteiger charge is -2.10. The first-order valence-electron chi connectivity index (χ1n) is 8.71. The van der Waals surface area contributed by atoms with Crippen LogP contribution in [0.3, 0.4) is 0 Å². The standard InChI is InChI=1S/C20H16ClF4N3O2/c1-12-8-18(27-28(12)10-15-16(21)6-3-7-17(15)22)26-19(29)13-4-2-5-14(9-13)30-11-20(23,24)25/h2-9H,10-11H2,1H3,(H,26,27,29). The molecule has 1 aromatic heterocycles. The number of amides is 1. The molecule has 0 atom stereocenters. The van der Waals surface area contributed by atoms with Gasteiger partial charge in [-0.2, -0.15) is 18.3 Å². The van der Waals surface area contributed by atoms with E-state index in [2.05, 4.69) is 15.2 Å². The molecular weight excluding hydrogens is 426 g/mol. The lowest BCUT2D eigenvalue weighted by atomic mass is 10.2. The zero-order valence-electron chi connectivity index (χ0n) is 15.6. The molecule has 1 N–H and O–H groups in total. The molecule has 158 valence electrons. The molecule has 3 aromatic rings. The van der Waals surface area contributed by atoms with E-state index >= 15 is 0 Å². The third-order valence-corrected chi connectivity index (χ3v) is 4.45. The highest BCUT2D eigenvalue weighted by Gasteiger charge is 2.28. The van der Waals surface area contributed by atoms with Crippen molar-refractivity contribution in [1.29, 1.82) is 0 Å². The molecule has 0 saturated carbocycles. The van der Waals surface area contributed by atoms with Crippen LogP contribution in [-0.4, -0.2) is 28.5 Å². The van der Waals surface area contributed by atoms with Crippen molar-refractivity contribution in [1.82, 2.24) is 9.78 Å². The van der Waals surface area contributed by atoms with Crippen molar-refractivity contribution in [3.63, 3.8) is 0 Å². The summed E-state index contributed by atoms with van der Waals surface area (Å²) in [6.45, 7) is 0.331. The Morgan fingerprint density at radius 1 is 1.20 bits per heavy atom. The predicted molar refractivity (Wildman–Crippen MR) is 103 cm³/mol. The van der Waals surface area contributed by atoms with Crippen LogP contribution in [0.2, 0.25) is 5.02 Å². The molecule has 5 nitrogen and oxygen atoms in total. The molecular formula is C20H16ClF4N3O2. The molecule has 1 heterocycles. The predicted octanol–water partition coefficient (Wildman–Crippen LogP) is 5.23. The fraction of sp³-hybridized carbons (Fsp3) is 0.200. The molecule has 1 amide bonds. The van der Waals surface area contributed by atoms with E-state index in [1.165, 1.54) is 41.1 Å². The van der Waals surface area contributed by atoms with Gasteiger partial charge in [-0.3, -0.25) is 9.48 Å². The molecule has 3 rings (SSSR count). The second-order valence-electron chi connectivity index (χ2n) is 6.41. The van der Waals surface area contributed by atoms with Gasteiger partial charge in [-0.1, -0.05) is 23.7 Å². The van der Waals surface area contributed by atoms with Crippen LogP contribution in [0.1, 0.15) is 21.6 Å². The number of hydrogen-bond donors (Lipinski definition) is 1. The van der Waals surface area contributed by atoms with Gasteiger partial charge in [-0.25, -0.2) is 4.39 Å². The van der Waals surface area contributed by atoms with Crippen LogP contribution in [0, 0.1) is 12.7 Å². The molecule has 0 bridgehead atoms. The first-order chi connectivity index (χ1) is 14.1. The molecule has 2 aromatic carbocycles. The molecule has 0 unspecified atom stereocenters. The Morgan fingerprint density at radius 3 is 2.63 bits per heavy atom. The highest BCUT2D eigenvalue weighted by Crippen LogP contribution is 2.22. The summed E-state index contributed by atoms with van der Waals surface area (Å²) >= 11 is 6.04. The van der Waals surface area contributed by atoms with Crippen LogP contribution >= 0.6 is 11.6 Å². The number of aromatic nitrogens is 2. The van der Waals surface area contributed by atoms with Gasteiger partial charge in [0, 0.05) is 27.9 Å². The minimum absolute atomic E-state index is 0.0635. The van der Waals surface area contributed by atoms with E-state index in [1.54, 1.807) is 19.1 Å². The fourth-order valence-corrected chi connectivity index (χ4v) is 2.87. The minimum atomic E-state index is -4.48. The highest BCUT2D eigenvalue weighted by molar-refractivity contribution is 6.31. The van der Waals surface area contributed by atoms with E-state index in [0.29, 0.717) is 5.69 Å². The van der Waals surface area contributed by atoms with Crippen LogP contribution in [0.5, 0.6) is 5.75 Å². The second-order valence-corrected chi connectivity index (χ2v) is 6.82. The zero-order valence-corrected chi connectivity index (χ0v) is 16.4. The number of alkyl halides is 3. The van der Waals surface area contributed by atoms with E-state index in [-0.39, 0.29) is 34.3 Å². The number of anilines is 1. The van der Waals surface area contributed by atoms with Gasteiger partial charge in [0.1, 0.15) is 11.6 Å². The normalized spacial score (nSPS) is 11.4. The zero-order chi connectivity index (χ0) is 21.9. The number of benzene rings is 2. The molecule has 0 radical (unpaired) electrons.